The second-order valence-corrected chi connectivity index (χ2v) is 4.10. The van der Waals surface area contributed by atoms with Crippen molar-refractivity contribution in [2.75, 3.05) is 20.2 Å². The highest BCUT2D eigenvalue weighted by Crippen LogP contribution is 2.13. The molecule has 1 fully saturated rings. The lowest BCUT2D eigenvalue weighted by atomic mass is 10.3. The average molecular weight is 180 g/mol. The Morgan fingerprint density at radius 2 is 2.27 bits per heavy atom. The van der Waals surface area contributed by atoms with E-state index in [9.17, 15) is 8.42 Å². The van der Waals surface area contributed by atoms with Crippen molar-refractivity contribution in [1.29, 1.82) is 0 Å². The molecule has 0 radical (unpaired) electrons. The largest absolute Gasteiger partial charge is 0.380 e. The Morgan fingerprint density at radius 3 is 2.55 bits per heavy atom. The molecule has 0 amide bonds. The van der Waals surface area contributed by atoms with E-state index < -0.39 is 10.2 Å². The van der Waals surface area contributed by atoms with Gasteiger partial charge in [-0.05, 0) is 6.42 Å². The van der Waals surface area contributed by atoms with Gasteiger partial charge in [-0.3, -0.25) is 0 Å². The molecule has 66 valence electrons. The van der Waals surface area contributed by atoms with E-state index >= 15 is 0 Å². The van der Waals surface area contributed by atoms with E-state index in [0.29, 0.717) is 13.1 Å². The molecule has 1 saturated heterocycles. The average Bonchev–Trinajstić information content (AvgIpc) is 2.32. The fourth-order valence-electron chi connectivity index (χ4n) is 1.12. The Hall–Kier alpha value is -0.170. The van der Waals surface area contributed by atoms with Gasteiger partial charge < -0.3 is 4.74 Å². The monoisotopic (exact) mass is 180 g/mol. The SMILES string of the molecule is COC1CCN(S(N)(=O)=O)C1. The van der Waals surface area contributed by atoms with E-state index in [0.717, 1.165) is 6.42 Å². The molecule has 1 unspecified atom stereocenters. The molecule has 1 aliphatic rings. The molecular weight excluding hydrogens is 168 g/mol. The number of nitrogens with zero attached hydrogens (tertiary/aromatic N) is 1. The molecule has 0 aromatic rings. The van der Waals surface area contributed by atoms with Gasteiger partial charge in [0.15, 0.2) is 0 Å². The van der Waals surface area contributed by atoms with Gasteiger partial charge in [0.05, 0.1) is 6.10 Å². The summed E-state index contributed by atoms with van der Waals surface area (Å²) >= 11 is 0. The van der Waals surface area contributed by atoms with Crippen LogP contribution in [0.1, 0.15) is 6.42 Å². The van der Waals surface area contributed by atoms with Crippen LogP contribution in [0.4, 0.5) is 0 Å². The van der Waals surface area contributed by atoms with Crippen LogP contribution in [0.3, 0.4) is 0 Å². The van der Waals surface area contributed by atoms with Gasteiger partial charge in [0.25, 0.3) is 10.2 Å². The summed E-state index contributed by atoms with van der Waals surface area (Å²) in [7, 11) is -1.93. The summed E-state index contributed by atoms with van der Waals surface area (Å²) in [6.45, 7) is 0.854. The smallest absolute Gasteiger partial charge is 0.276 e. The highest BCUT2D eigenvalue weighted by Gasteiger charge is 2.28. The van der Waals surface area contributed by atoms with E-state index in [1.807, 2.05) is 0 Å². The molecule has 0 aromatic heterocycles. The maximum atomic E-state index is 10.7. The first-order valence-corrected chi connectivity index (χ1v) is 4.85. The van der Waals surface area contributed by atoms with E-state index in [1.54, 1.807) is 7.11 Å². The van der Waals surface area contributed by atoms with E-state index in [1.165, 1.54) is 4.31 Å². The number of hydrogen-bond acceptors (Lipinski definition) is 3. The van der Waals surface area contributed by atoms with Crippen molar-refractivity contribution in [3.05, 3.63) is 0 Å². The summed E-state index contributed by atoms with van der Waals surface area (Å²) in [5.41, 5.74) is 0. The Morgan fingerprint density at radius 1 is 1.64 bits per heavy atom. The minimum Gasteiger partial charge on any atom is -0.380 e. The van der Waals surface area contributed by atoms with Crippen LogP contribution in [0.2, 0.25) is 0 Å². The van der Waals surface area contributed by atoms with Crippen LogP contribution in [-0.2, 0) is 14.9 Å². The lowest BCUT2D eigenvalue weighted by molar-refractivity contribution is 0.115. The molecule has 0 spiro atoms. The Labute approximate surface area is 66.3 Å². The van der Waals surface area contributed by atoms with Crippen molar-refractivity contribution >= 4 is 10.2 Å². The molecule has 5 nitrogen and oxygen atoms in total. The fraction of sp³-hybridized carbons (Fsp3) is 1.00. The topological polar surface area (TPSA) is 72.6 Å². The summed E-state index contributed by atoms with van der Waals surface area (Å²) in [6, 6.07) is 0. The van der Waals surface area contributed by atoms with Gasteiger partial charge in [-0.15, -0.1) is 0 Å². The normalized spacial score (nSPS) is 27.6. The van der Waals surface area contributed by atoms with Crippen molar-refractivity contribution in [2.45, 2.75) is 12.5 Å². The molecule has 0 aliphatic carbocycles. The molecular formula is C5H12N2O3S. The number of methoxy groups -OCH3 is 1. The molecule has 1 heterocycles. The maximum Gasteiger partial charge on any atom is 0.276 e. The Balaban J connectivity index is 2.55. The first kappa shape index (κ1) is 8.92. The molecule has 1 atom stereocenters. The first-order chi connectivity index (χ1) is 5.04. The molecule has 0 bridgehead atoms. The van der Waals surface area contributed by atoms with Gasteiger partial charge in [-0.1, -0.05) is 0 Å². The maximum absolute atomic E-state index is 10.7. The van der Waals surface area contributed by atoms with Gasteiger partial charge in [-0.2, -0.15) is 12.7 Å². The zero-order valence-electron chi connectivity index (χ0n) is 6.36. The predicted molar refractivity (Wildman–Crippen MR) is 40.1 cm³/mol. The van der Waals surface area contributed by atoms with Crippen molar-refractivity contribution < 1.29 is 13.2 Å². The van der Waals surface area contributed by atoms with Crippen LogP contribution in [-0.4, -0.2) is 39.0 Å². The van der Waals surface area contributed by atoms with Crippen molar-refractivity contribution in [3.8, 4) is 0 Å². The van der Waals surface area contributed by atoms with Crippen LogP contribution in [0.25, 0.3) is 0 Å². The Bertz CT molecular complexity index is 226. The second-order valence-electron chi connectivity index (χ2n) is 2.55. The summed E-state index contributed by atoms with van der Waals surface area (Å²) in [5, 5.41) is 4.90. The third kappa shape index (κ3) is 2.13. The van der Waals surface area contributed by atoms with Gasteiger partial charge >= 0.3 is 0 Å². The van der Waals surface area contributed by atoms with Gasteiger partial charge in [0.1, 0.15) is 0 Å². The van der Waals surface area contributed by atoms with Gasteiger partial charge in [0.2, 0.25) is 0 Å². The lowest BCUT2D eigenvalue weighted by Crippen LogP contribution is -2.35. The fourth-order valence-corrected chi connectivity index (χ4v) is 1.86. The van der Waals surface area contributed by atoms with E-state index in [2.05, 4.69) is 0 Å². The summed E-state index contributed by atoms with van der Waals surface area (Å²) in [6.07, 6.45) is 0.737. The van der Waals surface area contributed by atoms with Crippen LogP contribution >= 0.6 is 0 Å². The van der Waals surface area contributed by atoms with Crippen LogP contribution < -0.4 is 5.14 Å². The molecule has 2 N–H and O–H groups in total. The zero-order valence-corrected chi connectivity index (χ0v) is 7.17. The number of hydrogen-bond donors (Lipinski definition) is 1. The quantitative estimate of drug-likeness (QED) is 0.587. The standard InChI is InChI=1S/C5H12N2O3S/c1-10-5-2-3-7(4-5)11(6,8)9/h5H,2-4H2,1H3,(H2,6,8,9). The minimum atomic E-state index is -3.49. The van der Waals surface area contributed by atoms with Crippen LogP contribution in [0.5, 0.6) is 0 Å². The predicted octanol–water partition coefficient (Wildman–Crippen LogP) is -1.09. The molecule has 6 heteroatoms. The minimum absolute atomic E-state index is 0.00771. The molecule has 1 rings (SSSR count). The number of ether oxygens (including phenoxy) is 1. The molecule has 11 heavy (non-hydrogen) atoms. The lowest BCUT2D eigenvalue weighted by Gasteiger charge is -2.11. The third-order valence-corrected chi connectivity index (χ3v) is 2.85. The highest BCUT2D eigenvalue weighted by molar-refractivity contribution is 7.86. The van der Waals surface area contributed by atoms with Crippen molar-refractivity contribution in [2.24, 2.45) is 5.14 Å². The summed E-state index contributed by atoms with van der Waals surface area (Å²) in [5.74, 6) is 0. The van der Waals surface area contributed by atoms with Gasteiger partial charge in [-0.25, -0.2) is 5.14 Å². The number of nitrogens with two attached hydrogens (primary N) is 1. The van der Waals surface area contributed by atoms with Crippen molar-refractivity contribution in [1.82, 2.24) is 4.31 Å². The van der Waals surface area contributed by atoms with Crippen molar-refractivity contribution in [3.63, 3.8) is 0 Å². The summed E-state index contributed by atoms with van der Waals surface area (Å²) in [4.78, 5) is 0. The zero-order chi connectivity index (χ0) is 8.48. The second kappa shape index (κ2) is 3.06. The van der Waals surface area contributed by atoms with Gasteiger partial charge in [0, 0.05) is 20.2 Å². The summed E-state index contributed by atoms with van der Waals surface area (Å²) < 4.78 is 27.7. The van der Waals surface area contributed by atoms with E-state index in [4.69, 9.17) is 9.88 Å². The van der Waals surface area contributed by atoms with Crippen LogP contribution in [0, 0.1) is 0 Å². The highest BCUT2D eigenvalue weighted by atomic mass is 32.2. The Kier molecular flexibility index (Phi) is 2.48. The molecule has 0 saturated carbocycles. The molecule has 0 aromatic carbocycles. The third-order valence-electron chi connectivity index (χ3n) is 1.80. The number of rotatable bonds is 2. The van der Waals surface area contributed by atoms with Crippen LogP contribution in [0.15, 0.2) is 0 Å². The first-order valence-electron chi connectivity index (χ1n) is 3.34. The van der Waals surface area contributed by atoms with E-state index in [-0.39, 0.29) is 6.10 Å². The molecule has 1 aliphatic heterocycles.